The van der Waals surface area contributed by atoms with Crippen molar-refractivity contribution < 1.29 is 23.6 Å². The van der Waals surface area contributed by atoms with E-state index in [1.807, 2.05) is 18.7 Å². The molecule has 9 heteroatoms. The molecule has 1 aliphatic rings. The largest absolute Gasteiger partial charge is 0.480 e. The van der Waals surface area contributed by atoms with Crippen LogP contribution in [0, 0.1) is 6.92 Å². The normalized spacial score (nSPS) is 19.2. The molecule has 0 saturated heterocycles. The van der Waals surface area contributed by atoms with E-state index in [0.29, 0.717) is 23.9 Å². The molecule has 1 saturated carbocycles. The number of aromatic nitrogens is 1. The third kappa shape index (κ3) is 4.05. The fourth-order valence-electron chi connectivity index (χ4n) is 3.12. The van der Waals surface area contributed by atoms with Gasteiger partial charge in [-0.05, 0) is 32.4 Å². The molecule has 0 unspecified atom stereocenters. The van der Waals surface area contributed by atoms with Crippen LogP contribution in [0.1, 0.15) is 25.5 Å². The first-order chi connectivity index (χ1) is 12.5. The van der Waals surface area contributed by atoms with Crippen molar-refractivity contribution in [2.75, 3.05) is 18.4 Å². The molecule has 3 N–H and O–H groups in total. The number of aryl methyl sites for hydroxylation is 1. The van der Waals surface area contributed by atoms with E-state index < -0.39 is 5.97 Å². The molecule has 0 radical (unpaired) electrons. The van der Waals surface area contributed by atoms with Crippen molar-refractivity contribution in [3.8, 4) is 11.3 Å². The quantitative estimate of drug-likeness (QED) is 0.691. The number of furan rings is 1. The Bertz CT molecular complexity index is 778. The Hall–Kier alpha value is -2.81. The van der Waals surface area contributed by atoms with Gasteiger partial charge >= 0.3 is 12.0 Å². The number of hydrogen-bond donors (Lipinski definition) is 3. The van der Waals surface area contributed by atoms with Crippen molar-refractivity contribution >= 4 is 17.8 Å². The standard InChI is InChI=1S/C17H22N4O5/c1-3-21(9-16(22)23)12-6-11(7-12)18-17(24)19-15-8-14(26-20-15)13-4-5-25-10(13)2/h4-5,8,11-12H,3,6-7,9H2,1-2H3,(H,22,23)(H2,18,19,20,24). The monoisotopic (exact) mass is 362 g/mol. The number of carboxylic acids is 1. The minimum atomic E-state index is -0.837. The first-order valence-electron chi connectivity index (χ1n) is 8.50. The maximum absolute atomic E-state index is 12.1. The second-order valence-electron chi connectivity index (χ2n) is 6.34. The summed E-state index contributed by atoms with van der Waals surface area (Å²) in [7, 11) is 0. The Labute approximate surface area is 150 Å². The van der Waals surface area contributed by atoms with Crippen LogP contribution in [-0.4, -0.2) is 52.3 Å². The predicted molar refractivity (Wildman–Crippen MR) is 92.8 cm³/mol. The van der Waals surface area contributed by atoms with Gasteiger partial charge < -0.3 is 19.4 Å². The molecule has 0 aliphatic heterocycles. The molecular formula is C17H22N4O5. The molecule has 3 rings (SSSR count). The van der Waals surface area contributed by atoms with Crippen LogP contribution in [0.4, 0.5) is 10.6 Å². The van der Waals surface area contributed by atoms with E-state index in [-0.39, 0.29) is 24.7 Å². The Morgan fingerprint density at radius 2 is 2.19 bits per heavy atom. The summed E-state index contributed by atoms with van der Waals surface area (Å²) < 4.78 is 10.4. The molecule has 1 fully saturated rings. The smallest absolute Gasteiger partial charge is 0.320 e. The van der Waals surface area contributed by atoms with Crippen LogP contribution in [0.5, 0.6) is 0 Å². The molecule has 2 amide bonds. The number of anilines is 1. The average Bonchev–Trinajstić information content (AvgIpc) is 3.17. The molecule has 140 valence electrons. The molecule has 2 aromatic rings. The van der Waals surface area contributed by atoms with Gasteiger partial charge in [-0.1, -0.05) is 12.1 Å². The first kappa shape index (κ1) is 18.0. The Morgan fingerprint density at radius 3 is 2.81 bits per heavy atom. The van der Waals surface area contributed by atoms with E-state index >= 15 is 0 Å². The highest BCUT2D eigenvalue weighted by Crippen LogP contribution is 2.27. The molecule has 1 aliphatic carbocycles. The Balaban J connectivity index is 1.46. The van der Waals surface area contributed by atoms with Gasteiger partial charge in [0.25, 0.3) is 0 Å². The maximum Gasteiger partial charge on any atom is 0.320 e. The summed E-state index contributed by atoms with van der Waals surface area (Å²) in [5.41, 5.74) is 0.783. The highest BCUT2D eigenvalue weighted by molar-refractivity contribution is 5.89. The van der Waals surface area contributed by atoms with Crippen molar-refractivity contribution in [2.45, 2.75) is 38.8 Å². The molecule has 0 bridgehead atoms. The second kappa shape index (κ2) is 7.61. The molecule has 0 spiro atoms. The molecular weight excluding hydrogens is 340 g/mol. The third-order valence-corrected chi connectivity index (χ3v) is 4.59. The summed E-state index contributed by atoms with van der Waals surface area (Å²) in [5.74, 6) is 0.702. The molecule has 2 heterocycles. The van der Waals surface area contributed by atoms with Crippen LogP contribution in [0.2, 0.25) is 0 Å². The van der Waals surface area contributed by atoms with E-state index in [4.69, 9.17) is 14.0 Å². The number of carbonyl (C=O) groups excluding carboxylic acids is 1. The highest BCUT2D eigenvalue weighted by atomic mass is 16.5. The molecule has 0 aromatic carbocycles. The lowest BCUT2D eigenvalue weighted by molar-refractivity contribution is -0.139. The summed E-state index contributed by atoms with van der Waals surface area (Å²) in [6.07, 6.45) is 3.02. The summed E-state index contributed by atoms with van der Waals surface area (Å²) in [6, 6.07) is 3.24. The van der Waals surface area contributed by atoms with Crippen LogP contribution in [0.25, 0.3) is 11.3 Å². The van der Waals surface area contributed by atoms with E-state index in [0.717, 1.165) is 18.4 Å². The highest BCUT2D eigenvalue weighted by Gasteiger charge is 2.34. The average molecular weight is 362 g/mol. The van der Waals surface area contributed by atoms with Gasteiger partial charge in [-0.3, -0.25) is 15.0 Å². The number of hydrogen-bond acceptors (Lipinski definition) is 6. The van der Waals surface area contributed by atoms with E-state index in [9.17, 15) is 9.59 Å². The summed E-state index contributed by atoms with van der Waals surface area (Å²) in [5, 5.41) is 18.2. The fraction of sp³-hybridized carbons (Fsp3) is 0.471. The number of likely N-dealkylation sites (N-methyl/N-ethyl adjacent to an activating group) is 1. The number of nitrogens with zero attached hydrogens (tertiary/aromatic N) is 2. The summed E-state index contributed by atoms with van der Waals surface area (Å²) in [6.45, 7) is 4.44. The Morgan fingerprint density at radius 1 is 1.42 bits per heavy atom. The number of carbonyl (C=O) groups is 2. The lowest BCUT2D eigenvalue weighted by atomic mass is 9.85. The van der Waals surface area contributed by atoms with Gasteiger partial charge in [0.15, 0.2) is 11.6 Å². The van der Waals surface area contributed by atoms with E-state index in [1.54, 1.807) is 18.4 Å². The zero-order valence-corrected chi connectivity index (χ0v) is 14.7. The molecule has 26 heavy (non-hydrogen) atoms. The van der Waals surface area contributed by atoms with Gasteiger partial charge in [-0.25, -0.2) is 4.79 Å². The first-order valence-corrected chi connectivity index (χ1v) is 8.50. The van der Waals surface area contributed by atoms with Crippen LogP contribution in [0.15, 0.2) is 27.3 Å². The maximum atomic E-state index is 12.1. The number of amides is 2. The van der Waals surface area contributed by atoms with Crippen molar-refractivity contribution in [2.24, 2.45) is 0 Å². The van der Waals surface area contributed by atoms with Crippen LogP contribution < -0.4 is 10.6 Å². The lowest BCUT2D eigenvalue weighted by Crippen LogP contribution is -2.55. The molecule has 2 aromatic heterocycles. The molecule has 0 atom stereocenters. The zero-order valence-electron chi connectivity index (χ0n) is 14.7. The third-order valence-electron chi connectivity index (χ3n) is 4.59. The van der Waals surface area contributed by atoms with E-state index in [1.165, 1.54) is 0 Å². The fourth-order valence-corrected chi connectivity index (χ4v) is 3.12. The van der Waals surface area contributed by atoms with Gasteiger partial charge in [0, 0.05) is 18.2 Å². The van der Waals surface area contributed by atoms with Crippen molar-refractivity contribution in [3.63, 3.8) is 0 Å². The number of rotatable bonds is 7. The van der Waals surface area contributed by atoms with Crippen molar-refractivity contribution in [1.82, 2.24) is 15.4 Å². The van der Waals surface area contributed by atoms with Gasteiger partial charge in [-0.2, -0.15) is 0 Å². The van der Waals surface area contributed by atoms with Crippen molar-refractivity contribution in [3.05, 3.63) is 24.2 Å². The van der Waals surface area contributed by atoms with E-state index in [2.05, 4.69) is 15.8 Å². The number of carboxylic acid groups (broad SMARTS) is 1. The lowest BCUT2D eigenvalue weighted by Gasteiger charge is -2.42. The number of urea groups is 1. The van der Waals surface area contributed by atoms with Gasteiger partial charge in [0.05, 0.1) is 18.4 Å². The van der Waals surface area contributed by atoms with Gasteiger partial charge in [0.2, 0.25) is 0 Å². The van der Waals surface area contributed by atoms with Gasteiger partial charge in [-0.15, -0.1) is 0 Å². The summed E-state index contributed by atoms with van der Waals surface area (Å²) >= 11 is 0. The summed E-state index contributed by atoms with van der Waals surface area (Å²) in [4.78, 5) is 24.8. The minimum Gasteiger partial charge on any atom is -0.480 e. The van der Waals surface area contributed by atoms with Crippen molar-refractivity contribution in [1.29, 1.82) is 0 Å². The van der Waals surface area contributed by atoms with Gasteiger partial charge in [0.1, 0.15) is 5.76 Å². The van der Waals surface area contributed by atoms with Crippen LogP contribution in [-0.2, 0) is 4.79 Å². The predicted octanol–water partition coefficient (Wildman–Crippen LogP) is 2.30. The van der Waals surface area contributed by atoms with Crippen LogP contribution >= 0.6 is 0 Å². The SMILES string of the molecule is CCN(CC(=O)O)C1CC(NC(=O)Nc2cc(-c3ccoc3C)on2)C1. The molecule has 9 nitrogen and oxygen atoms in total. The minimum absolute atomic E-state index is 0.0188. The second-order valence-corrected chi connectivity index (χ2v) is 6.34. The van der Waals surface area contributed by atoms with Crippen LogP contribution in [0.3, 0.4) is 0 Å². The Kier molecular flexibility index (Phi) is 5.27. The number of aliphatic carboxylic acids is 1. The topological polar surface area (TPSA) is 121 Å². The zero-order chi connectivity index (χ0) is 18.7. The number of nitrogens with one attached hydrogen (secondary N) is 2.